The average molecular weight is 239 g/mol. The molecule has 2 heteroatoms. The highest BCUT2D eigenvalue weighted by molar-refractivity contribution is 5.98. The van der Waals surface area contributed by atoms with Crippen molar-refractivity contribution in [2.45, 2.75) is 26.7 Å². The molecule has 3 rings (SSSR count). The van der Waals surface area contributed by atoms with Gasteiger partial charge in [-0.1, -0.05) is 23.8 Å². The summed E-state index contributed by atoms with van der Waals surface area (Å²) < 4.78 is 0. The van der Waals surface area contributed by atoms with Crippen LogP contribution >= 0.6 is 0 Å². The summed E-state index contributed by atoms with van der Waals surface area (Å²) in [6, 6.07) is 10.7. The number of hydrogen-bond acceptors (Lipinski definition) is 1. The second-order valence-corrected chi connectivity index (χ2v) is 5.14. The molecule has 0 saturated carbocycles. The molecule has 1 saturated heterocycles. The van der Waals surface area contributed by atoms with E-state index in [-0.39, 0.29) is 5.91 Å². The van der Waals surface area contributed by atoms with Gasteiger partial charge in [0, 0.05) is 18.7 Å². The van der Waals surface area contributed by atoms with Crippen molar-refractivity contribution in [2.24, 2.45) is 0 Å². The van der Waals surface area contributed by atoms with Gasteiger partial charge in [-0.2, -0.15) is 0 Å². The number of hydrogen-bond donors (Lipinski definition) is 0. The molecule has 0 spiro atoms. The zero-order valence-electron chi connectivity index (χ0n) is 10.9. The normalized spacial score (nSPS) is 15.7. The van der Waals surface area contributed by atoms with E-state index in [9.17, 15) is 4.79 Å². The molecule has 0 unspecified atom stereocenters. The zero-order valence-corrected chi connectivity index (χ0v) is 10.9. The van der Waals surface area contributed by atoms with Crippen molar-refractivity contribution in [3.05, 3.63) is 41.5 Å². The van der Waals surface area contributed by atoms with Gasteiger partial charge in [-0.25, -0.2) is 0 Å². The van der Waals surface area contributed by atoms with E-state index in [1.54, 1.807) is 0 Å². The Bertz CT molecular complexity index is 630. The Balaban J connectivity index is 2.13. The maximum absolute atomic E-state index is 11.8. The van der Waals surface area contributed by atoms with Gasteiger partial charge in [-0.05, 0) is 48.7 Å². The van der Waals surface area contributed by atoms with E-state index < -0.39 is 0 Å². The van der Waals surface area contributed by atoms with Gasteiger partial charge in [0.1, 0.15) is 0 Å². The molecule has 0 radical (unpaired) electrons. The maximum atomic E-state index is 11.8. The van der Waals surface area contributed by atoms with Crippen LogP contribution in [0.15, 0.2) is 30.3 Å². The summed E-state index contributed by atoms with van der Waals surface area (Å²) in [4.78, 5) is 13.7. The molecule has 2 aromatic rings. The number of amides is 1. The maximum Gasteiger partial charge on any atom is 0.227 e. The second kappa shape index (κ2) is 4.13. The molecule has 0 atom stereocenters. The standard InChI is InChI=1S/C16H17NO/c1-11-8-12(2)15-10-14(6-5-13(15)9-11)17-7-3-4-16(17)18/h5-6,8-10H,3-4,7H2,1-2H3. The monoisotopic (exact) mass is 239 g/mol. The number of carbonyl (C=O) groups is 1. The summed E-state index contributed by atoms with van der Waals surface area (Å²) in [5.41, 5.74) is 3.60. The summed E-state index contributed by atoms with van der Waals surface area (Å²) in [7, 11) is 0. The molecule has 18 heavy (non-hydrogen) atoms. The van der Waals surface area contributed by atoms with Crippen molar-refractivity contribution < 1.29 is 4.79 Å². The van der Waals surface area contributed by atoms with Gasteiger partial charge >= 0.3 is 0 Å². The van der Waals surface area contributed by atoms with Crippen molar-refractivity contribution >= 4 is 22.4 Å². The summed E-state index contributed by atoms with van der Waals surface area (Å²) in [6.45, 7) is 5.10. The molecule has 1 aliphatic rings. The topological polar surface area (TPSA) is 20.3 Å². The van der Waals surface area contributed by atoms with Gasteiger partial charge in [-0.15, -0.1) is 0 Å². The molecular formula is C16H17NO. The SMILES string of the molecule is Cc1cc(C)c2cc(N3CCCC3=O)ccc2c1. The number of nitrogens with zero attached hydrogens (tertiary/aromatic N) is 1. The fourth-order valence-electron chi connectivity index (χ4n) is 2.81. The number of fused-ring (bicyclic) bond motifs is 1. The van der Waals surface area contributed by atoms with Crippen LogP contribution in [0.2, 0.25) is 0 Å². The van der Waals surface area contributed by atoms with Crippen molar-refractivity contribution in [1.29, 1.82) is 0 Å². The average Bonchev–Trinajstić information content (AvgIpc) is 2.75. The summed E-state index contributed by atoms with van der Waals surface area (Å²) in [5, 5.41) is 2.50. The van der Waals surface area contributed by atoms with Gasteiger partial charge in [0.15, 0.2) is 0 Å². The third-order valence-corrected chi connectivity index (χ3v) is 3.67. The second-order valence-electron chi connectivity index (χ2n) is 5.14. The fraction of sp³-hybridized carbons (Fsp3) is 0.312. The van der Waals surface area contributed by atoms with E-state index in [1.807, 2.05) is 4.90 Å². The number of aryl methyl sites for hydroxylation is 2. The lowest BCUT2D eigenvalue weighted by atomic mass is 10.0. The molecule has 0 aliphatic carbocycles. The van der Waals surface area contributed by atoms with Gasteiger partial charge < -0.3 is 4.90 Å². The van der Waals surface area contributed by atoms with Crippen LogP contribution in [-0.4, -0.2) is 12.5 Å². The van der Waals surface area contributed by atoms with Crippen LogP contribution in [0.3, 0.4) is 0 Å². The number of benzene rings is 2. The van der Waals surface area contributed by atoms with Gasteiger partial charge in [0.05, 0.1) is 0 Å². The van der Waals surface area contributed by atoms with E-state index in [2.05, 4.69) is 44.2 Å². The van der Waals surface area contributed by atoms with Crippen LogP contribution in [0, 0.1) is 13.8 Å². The molecule has 0 bridgehead atoms. The lowest BCUT2D eigenvalue weighted by Gasteiger charge is -2.17. The predicted octanol–water partition coefficient (Wildman–Crippen LogP) is 3.58. The number of rotatable bonds is 1. The molecule has 2 aromatic carbocycles. The minimum Gasteiger partial charge on any atom is -0.312 e. The third-order valence-electron chi connectivity index (χ3n) is 3.67. The summed E-state index contributed by atoms with van der Waals surface area (Å²) in [6.07, 6.45) is 1.66. The molecule has 1 heterocycles. The summed E-state index contributed by atoms with van der Waals surface area (Å²) in [5.74, 6) is 0.249. The van der Waals surface area contributed by atoms with E-state index in [0.717, 1.165) is 18.7 Å². The smallest absolute Gasteiger partial charge is 0.227 e. The van der Waals surface area contributed by atoms with Crippen LogP contribution in [0.4, 0.5) is 5.69 Å². The Morgan fingerprint density at radius 2 is 1.94 bits per heavy atom. The van der Waals surface area contributed by atoms with Crippen LogP contribution in [0.25, 0.3) is 10.8 Å². The Labute approximate surface area is 107 Å². The molecule has 1 fully saturated rings. The minimum absolute atomic E-state index is 0.249. The molecule has 1 aliphatic heterocycles. The molecule has 0 aromatic heterocycles. The van der Waals surface area contributed by atoms with Crippen molar-refractivity contribution in [2.75, 3.05) is 11.4 Å². The number of carbonyl (C=O) groups excluding carboxylic acids is 1. The van der Waals surface area contributed by atoms with Crippen LogP contribution in [-0.2, 0) is 4.79 Å². The lowest BCUT2D eigenvalue weighted by Crippen LogP contribution is -2.23. The largest absolute Gasteiger partial charge is 0.312 e. The first-order chi connectivity index (χ1) is 8.65. The van der Waals surface area contributed by atoms with Gasteiger partial charge in [0.2, 0.25) is 5.91 Å². The van der Waals surface area contributed by atoms with E-state index in [0.29, 0.717) is 6.42 Å². The lowest BCUT2D eigenvalue weighted by molar-refractivity contribution is -0.117. The van der Waals surface area contributed by atoms with Crippen LogP contribution in [0.5, 0.6) is 0 Å². The van der Waals surface area contributed by atoms with Gasteiger partial charge in [0.25, 0.3) is 0 Å². The highest BCUT2D eigenvalue weighted by Crippen LogP contribution is 2.28. The van der Waals surface area contributed by atoms with Crippen molar-refractivity contribution in [3.63, 3.8) is 0 Å². The quantitative estimate of drug-likeness (QED) is 0.744. The van der Waals surface area contributed by atoms with Crippen LogP contribution in [0.1, 0.15) is 24.0 Å². The Morgan fingerprint density at radius 1 is 1.11 bits per heavy atom. The van der Waals surface area contributed by atoms with E-state index in [1.165, 1.54) is 21.9 Å². The first kappa shape index (κ1) is 11.3. The first-order valence-corrected chi connectivity index (χ1v) is 6.46. The first-order valence-electron chi connectivity index (χ1n) is 6.46. The predicted molar refractivity (Wildman–Crippen MR) is 75.0 cm³/mol. The zero-order chi connectivity index (χ0) is 12.7. The Hall–Kier alpha value is -1.83. The molecule has 92 valence electrons. The molecule has 2 nitrogen and oxygen atoms in total. The van der Waals surface area contributed by atoms with E-state index >= 15 is 0 Å². The third kappa shape index (κ3) is 1.78. The Morgan fingerprint density at radius 3 is 2.67 bits per heavy atom. The van der Waals surface area contributed by atoms with Gasteiger partial charge in [-0.3, -0.25) is 4.79 Å². The highest BCUT2D eigenvalue weighted by Gasteiger charge is 2.21. The minimum atomic E-state index is 0.249. The van der Waals surface area contributed by atoms with Crippen molar-refractivity contribution in [1.82, 2.24) is 0 Å². The van der Waals surface area contributed by atoms with E-state index in [4.69, 9.17) is 0 Å². The molecular weight excluding hydrogens is 222 g/mol. The van der Waals surface area contributed by atoms with Crippen LogP contribution < -0.4 is 4.90 Å². The Kier molecular flexibility index (Phi) is 2.58. The fourth-order valence-corrected chi connectivity index (χ4v) is 2.81. The molecule has 1 amide bonds. The molecule has 0 N–H and O–H groups in total. The summed E-state index contributed by atoms with van der Waals surface area (Å²) >= 11 is 0. The highest BCUT2D eigenvalue weighted by atomic mass is 16.2. The van der Waals surface area contributed by atoms with Crippen molar-refractivity contribution in [3.8, 4) is 0 Å². The number of anilines is 1.